The summed E-state index contributed by atoms with van der Waals surface area (Å²) < 4.78 is 5.78. The number of nitrogens with one attached hydrogen (secondary N) is 1. The van der Waals surface area contributed by atoms with Crippen LogP contribution in [0.2, 0.25) is 0 Å². The molecule has 7 nitrogen and oxygen atoms in total. The highest BCUT2D eigenvalue weighted by atomic mass is 79.9. The Labute approximate surface area is 147 Å². The Morgan fingerprint density at radius 1 is 1.00 bits per heavy atom. The van der Waals surface area contributed by atoms with E-state index in [1.807, 2.05) is 24.3 Å². The van der Waals surface area contributed by atoms with Crippen molar-refractivity contribution in [2.24, 2.45) is 0 Å². The highest BCUT2D eigenvalue weighted by Crippen LogP contribution is 2.29. The third-order valence-electron chi connectivity index (χ3n) is 4.09. The van der Waals surface area contributed by atoms with E-state index in [2.05, 4.69) is 46.4 Å². The molecule has 1 aliphatic rings. The van der Waals surface area contributed by atoms with Gasteiger partial charge >= 0.3 is 0 Å². The van der Waals surface area contributed by atoms with Crippen LogP contribution in [0.25, 0.3) is 11.3 Å². The molecule has 8 heteroatoms. The minimum absolute atomic E-state index is 0.408. The summed E-state index contributed by atoms with van der Waals surface area (Å²) in [6.45, 7) is 1.94. The molecule has 0 saturated carbocycles. The first-order valence-electron chi connectivity index (χ1n) is 8.07. The maximum absolute atomic E-state index is 4.78. The fraction of sp³-hybridized carbons (Fsp3) is 0.375. The van der Waals surface area contributed by atoms with Crippen molar-refractivity contribution < 1.29 is 4.63 Å². The fourth-order valence-corrected chi connectivity index (χ4v) is 3.32. The van der Waals surface area contributed by atoms with Gasteiger partial charge < -0.3 is 10.2 Å². The number of halogens is 1. The minimum Gasteiger partial charge on any atom is -0.353 e. The van der Waals surface area contributed by atoms with Gasteiger partial charge in [0.1, 0.15) is 0 Å². The van der Waals surface area contributed by atoms with Crippen molar-refractivity contribution in [3.8, 4) is 0 Å². The predicted octanol–water partition coefficient (Wildman–Crippen LogP) is 3.90. The molecule has 1 aromatic carbocycles. The van der Waals surface area contributed by atoms with Crippen LogP contribution >= 0.6 is 15.9 Å². The van der Waals surface area contributed by atoms with Gasteiger partial charge in [0.25, 0.3) is 0 Å². The lowest BCUT2D eigenvalue weighted by molar-refractivity contribution is 0.314. The molecule has 3 aromatic rings. The highest BCUT2D eigenvalue weighted by Gasteiger charge is 2.19. The van der Waals surface area contributed by atoms with Crippen LogP contribution in [-0.4, -0.2) is 33.4 Å². The van der Waals surface area contributed by atoms with Crippen molar-refractivity contribution in [1.29, 1.82) is 0 Å². The number of nitrogens with zero attached hydrogens (tertiary/aromatic N) is 5. The van der Waals surface area contributed by atoms with E-state index in [-0.39, 0.29) is 0 Å². The topological polar surface area (TPSA) is 80.0 Å². The van der Waals surface area contributed by atoms with Gasteiger partial charge in [-0.15, -0.1) is 0 Å². The number of anilines is 3. The Morgan fingerprint density at radius 3 is 2.50 bits per heavy atom. The Bertz CT molecular complexity index is 843. The number of hydrogen-bond acceptors (Lipinski definition) is 7. The van der Waals surface area contributed by atoms with E-state index >= 15 is 0 Å². The Balaban J connectivity index is 1.75. The molecular weight excluding hydrogens is 372 g/mol. The molecule has 3 heterocycles. The van der Waals surface area contributed by atoms with Gasteiger partial charge in [0.15, 0.2) is 11.6 Å². The lowest BCUT2D eigenvalue weighted by Crippen LogP contribution is -2.26. The molecule has 1 fully saturated rings. The third kappa shape index (κ3) is 3.19. The molecule has 124 valence electrons. The van der Waals surface area contributed by atoms with Crippen molar-refractivity contribution in [2.75, 3.05) is 23.3 Å². The van der Waals surface area contributed by atoms with Gasteiger partial charge in [-0.2, -0.15) is 0 Å². The number of aromatic nitrogens is 4. The largest absolute Gasteiger partial charge is 0.353 e. The second-order valence-electron chi connectivity index (χ2n) is 5.84. The summed E-state index contributed by atoms with van der Waals surface area (Å²) in [5.41, 5.74) is 1.78. The zero-order chi connectivity index (χ0) is 16.4. The first-order chi connectivity index (χ1) is 11.8. The van der Waals surface area contributed by atoms with Crippen molar-refractivity contribution >= 4 is 44.5 Å². The second kappa shape index (κ2) is 6.72. The van der Waals surface area contributed by atoms with Crippen molar-refractivity contribution in [3.63, 3.8) is 0 Å². The van der Waals surface area contributed by atoms with Crippen LogP contribution in [0.4, 0.5) is 17.3 Å². The second-order valence-corrected chi connectivity index (χ2v) is 6.76. The molecule has 0 bridgehead atoms. The average Bonchev–Trinajstić information content (AvgIpc) is 2.86. The highest BCUT2D eigenvalue weighted by molar-refractivity contribution is 9.10. The first-order valence-corrected chi connectivity index (χ1v) is 8.87. The van der Waals surface area contributed by atoms with Crippen LogP contribution in [-0.2, 0) is 0 Å². The maximum Gasteiger partial charge on any atom is 0.245 e. The Hall–Kier alpha value is -2.22. The van der Waals surface area contributed by atoms with E-state index in [0.29, 0.717) is 17.1 Å². The van der Waals surface area contributed by atoms with Crippen LogP contribution in [0.3, 0.4) is 0 Å². The third-order valence-corrected chi connectivity index (χ3v) is 4.58. The Kier molecular flexibility index (Phi) is 4.29. The molecule has 0 atom stereocenters. The summed E-state index contributed by atoms with van der Waals surface area (Å²) in [7, 11) is 0. The zero-order valence-electron chi connectivity index (χ0n) is 13.1. The molecule has 0 aliphatic carbocycles. The van der Waals surface area contributed by atoms with E-state index in [1.54, 1.807) is 0 Å². The smallest absolute Gasteiger partial charge is 0.245 e. The van der Waals surface area contributed by atoms with Gasteiger partial charge in [-0.1, -0.05) is 34.8 Å². The summed E-state index contributed by atoms with van der Waals surface area (Å²) in [6, 6.07) is 7.95. The number of fused-ring (bicyclic) bond motifs is 1. The van der Waals surface area contributed by atoms with Gasteiger partial charge in [0, 0.05) is 23.2 Å². The summed E-state index contributed by atoms with van der Waals surface area (Å²) in [5, 5.41) is 11.0. The monoisotopic (exact) mass is 388 g/mol. The zero-order valence-corrected chi connectivity index (χ0v) is 14.7. The molecule has 1 N–H and O–H groups in total. The van der Waals surface area contributed by atoms with E-state index in [0.717, 1.165) is 41.9 Å². The van der Waals surface area contributed by atoms with Gasteiger partial charge in [-0.05, 0) is 41.4 Å². The van der Waals surface area contributed by atoms with Crippen LogP contribution < -0.4 is 10.2 Å². The molecule has 4 rings (SSSR count). The fourth-order valence-electron chi connectivity index (χ4n) is 2.92. The molecule has 0 unspecified atom stereocenters. The SMILES string of the molecule is Brc1cccc(Nc2nc3nonc3nc2N2CCCCCC2)c1. The molecular formula is C16H17BrN6O. The quantitative estimate of drug-likeness (QED) is 0.728. The molecule has 0 radical (unpaired) electrons. The van der Waals surface area contributed by atoms with Gasteiger partial charge in [0.05, 0.1) is 0 Å². The molecule has 0 amide bonds. The van der Waals surface area contributed by atoms with Crippen LogP contribution in [0, 0.1) is 0 Å². The summed E-state index contributed by atoms with van der Waals surface area (Å²) in [5.74, 6) is 1.48. The van der Waals surface area contributed by atoms with Crippen LogP contribution in [0.15, 0.2) is 33.4 Å². The van der Waals surface area contributed by atoms with Gasteiger partial charge in [-0.25, -0.2) is 14.6 Å². The van der Waals surface area contributed by atoms with Crippen LogP contribution in [0.5, 0.6) is 0 Å². The number of hydrogen-bond donors (Lipinski definition) is 1. The molecule has 24 heavy (non-hydrogen) atoms. The van der Waals surface area contributed by atoms with E-state index in [9.17, 15) is 0 Å². The van der Waals surface area contributed by atoms with E-state index < -0.39 is 0 Å². The molecule has 2 aromatic heterocycles. The van der Waals surface area contributed by atoms with Crippen molar-refractivity contribution in [2.45, 2.75) is 25.7 Å². The summed E-state index contributed by atoms with van der Waals surface area (Å²) >= 11 is 3.49. The lowest BCUT2D eigenvalue weighted by atomic mass is 10.2. The maximum atomic E-state index is 4.78. The molecule has 1 aliphatic heterocycles. The standard InChI is InChI=1S/C16H17BrN6O/c17-11-6-5-7-12(10-11)18-15-16(23-8-3-1-2-4-9-23)20-14-13(19-15)21-24-22-14/h5-7,10H,1-4,8-9H2,(H,18,19,21). The summed E-state index contributed by atoms with van der Waals surface area (Å²) in [4.78, 5) is 11.5. The molecule has 0 spiro atoms. The summed E-state index contributed by atoms with van der Waals surface area (Å²) in [6.07, 6.45) is 4.83. The minimum atomic E-state index is 0.408. The van der Waals surface area contributed by atoms with Crippen molar-refractivity contribution in [3.05, 3.63) is 28.7 Å². The number of benzene rings is 1. The van der Waals surface area contributed by atoms with Gasteiger partial charge in [0.2, 0.25) is 11.3 Å². The normalized spacial score (nSPS) is 15.5. The molecule has 1 saturated heterocycles. The lowest BCUT2D eigenvalue weighted by Gasteiger charge is -2.23. The van der Waals surface area contributed by atoms with Crippen molar-refractivity contribution in [1.82, 2.24) is 20.3 Å². The first kappa shape index (κ1) is 15.3. The van der Waals surface area contributed by atoms with Gasteiger partial charge in [-0.3, -0.25) is 0 Å². The van der Waals surface area contributed by atoms with E-state index in [1.165, 1.54) is 12.8 Å². The number of rotatable bonds is 3. The van der Waals surface area contributed by atoms with E-state index in [4.69, 9.17) is 4.63 Å². The van der Waals surface area contributed by atoms with Crippen LogP contribution in [0.1, 0.15) is 25.7 Å². The average molecular weight is 389 g/mol. The predicted molar refractivity (Wildman–Crippen MR) is 95.5 cm³/mol. The Morgan fingerprint density at radius 2 is 1.75 bits per heavy atom.